The zero-order valence-corrected chi connectivity index (χ0v) is 9.01. The van der Waals surface area contributed by atoms with Gasteiger partial charge in [-0.1, -0.05) is 6.92 Å². The van der Waals surface area contributed by atoms with Crippen molar-refractivity contribution in [2.75, 3.05) is 5.32 Å². The molecule has 0 spiro atoms. The molecule has 5 nitrogen and oxygen atoms in total. The van der Waals surface area contributed by atoms with Crippen LogP contribution in [0.3, 0.4) is 0 Å². The number of nitro groups is 1. The van der Waals surface area contributed by atoms with E-state index in [4.69, 9.17) is 6.42 Å². The highest BCUT2D eigenvalue weighted by molar-refractivity contribution is 5.57. The molecule has 0 aliphatic heterocycles. The van der Waals surface area contributed by atoms with Crippen molar-refractivity contribution in [2.24, 2.45) is 0 Å². The Morgan fingerprint density at radius 1 is 1.75 bits per heavy atom. The van der Waals surface area contributed by atoms with Gasteiger partial charge in [-0.25, -0.2) is 0 Å². The Kier molecular flexibility index (Phi) is 4.28. The summed E-state index contributed by atoms with van der Waals surface area (Å²) in [6.07, 6.45) is 7.94. The van der Waals surface area contributed by atoms with Gasteiger partial charge < -0.3 is 15.4 Å². The molecule has 1 N–H and O–H groups in total. The molecule has 1 unspecified atom stereocenters. The van der Waals surface area contributed by atoms with Crippen LogP contribution in [0.15, 0.2) is 18.3 Å². The zero-order chi connectivity index (χ0) is 12.0. The first-order valence-corrected chi connectivity index (χ1v) is 4.98. The predicted molar refractivity (Wildman–Crippen MR) is 62.0 cm³/mol. The van der Waals surface area contributed by atoms with Gasteiger partial charge in [0.05, 0.1) is 0 Å². The lowest BCUT2D eigenvalue weighted by Crippen LogP contribution is -2.18. The van der Waals surface area contributed by atoms with Crippen LogP contribution in [0.4, 0.5) is 11.5 Å². The number of pyridine rings is 1. The van der Waals surface area contributed by atoms with E-state index >= 15 is 0 Å². The highest BCUT2D eigenvalue weighted by Crippen LogP contribution is 2.21. The highest BCUT2D eigenvalue weighted by Gasteiger charge is 2.16. The molecule has 1 aromatic rings. The fourth-order valence-corrected chi connectivity index (χ4v) is 1.31. The van der Waals surface area contributed by atoms with Crippen LogP contribution in [0.25, 0.3) is 0 Å². The molecule has 0 radical (unpaired) electrons. The Hall–Kier alpha value is -2.09. The van der Waals surface area contributed by atoms with E-state index in [1.54, 1.807) is 12.1 Å². The summed E-state index contributed by atoms with van der Waals surface area (Å²) < 4.78 is 0. The Bertz CT molecular complexity index is 412. The van der Waals surface area contributed by atoms with Gasteiger partial charge in [-0.2, -0.15) is 0 Å². The number of anilines is 1. The largest absolute Gasteiger partial charge is 0.386 e. The third-order valence-electron chi connectivity index (χ3n) is 2.18. The SMILES string of the molecule is C#CCC(CC)Nc1cccnc1[N+](=O)[O-]. The third-order valence-corrected chi connectivity index (χ3v) is 2.18. The van der Waals surface area contributed by atoms with Gasteiger partial charge in [-0.3, -0.25) is 0 Å². The summed E-state index contributed by atoms with van der Waals surface area (Å²) in [5.74, 6) is 2.37. The Balaban J connectivity index is 2.87. The van der Waals surface area contributed by atoms with Gasteiger partial charge in [0.15, 0.2) is 0 Å². The molecule has 16 heavy (non-hydrogen) atoms. The molecule has 0 saturated carbocycles. The van der Waals surface area contributed by atoms with Gasteiger partial charge in [0.25, 0.3) is 0 Å². The smallest absolute Gasteiger partial charge is 0.374 e. The van der Waals surface area contributed by atoms with Gasteiger partial charge in [0, 0.05) is 12.5 Å². The van der Waals surface area contributed by atoms with Gasteiger partial charge >= 0.3 is 5.82 Å². The average molecular weight is 219 g/mol. The molecule has 1 heterocycles. The molecule has 0 bridgehead atoms. The standard InChI is InChI=1S/C11H13N3O2/c1-3-6-9(4-2)13-10-7-5-8-12-11(10)14(15)16/h1,5,7-9,13H,4,6H2,2H3. The first-order chi connectivity index (χ1) is 7.69. The van der Waals surface area contributed by atoms with Crippen LogP contribution in [-0.2, 0) is 0 Å². The van der Waals surface area contributed by atoms with E-state index < -0.39 is 4.92 Å². The van der Waals surface area contributed by atoms with Crippen molar-refractivity contribution >= 4 is 11.5 Å². The molecule has 5 heteroatoms. The summed E-state index contributed by atoms with van der Waals surface area (Å²) in [6.45, 7) is 1.97. The van der Waals surface area contributed by atoms with E-state index in [2.05, 4.69) is 16.2 Å². The van der Waals surface area contributed by atoms with E-state index in [1.807, 2.05) is 6.92 Å². The van der Waals surface area contributed by atoms with E-state index in [9.17, 15) is 10.1 Å². The lowest BCUT2D eigenvalue weighted by atomic mass is 10.1. The second-order valence-electron chi connectivity index (χ2n) is 3.29. The summed E-state index contributed by atoms with van der Waals surface area (Å²) >= 11 is 0. The van der Waals surface area contributed by atoms with Crippen molar-refractivity contribution in [3.63, 3.8) is 0 Å². The molecule has 1 aromatic heterocycles. The third kappa shape index (κ3) is 2.95. The molecular formula is C11H13N3O2. The van der Waals surface area contributed by atoms with Crippen molar-refractivity contribution < 1.29 is 4.92 Å². The normalized spacial score (nSPS) is 11.5. The lowest BCUT2D eigenvalue weighted by molar-refractivity contribution is -0.388. The van der Waals surface area contributed by atoms with E-state index in [0.717, 1.165) is 6.42 Å². The molecule has 0 aliphatic carbocycles. The van der Waals surface area contributed by atoms with Gasteiger partial charge in [0.2, 0.25) is 0 Å². The maximum absolute atomic E-state index is 10.7. The minimum atomic E-state index is -0.509. The van der Waals surface area contributed by atoms with Crippen molar-refractivity contribution in [3.05, 3.63) is 28.4 Å². The molecule has 0 aromatic carbocycles. The van der Waals surface area contributed by atoms with E-state index in [0.29, 0.717) is 12.1 Å². The topological polar surface area (TPSA) is 68.1 Å². The van der Waals surface area contributed by atoms with Gasteiger partial charge in [0.1, 0.15) is 11.9 Å². The average Bonchev–Trinajstić information content (AvgIpc) is 2.29. The van der Waals surface area contributed by atoms with Crippen molar-refractivity contribution in [3.8, 4) is 12.3 Å². The van der Waals surface area contributed by atoms with Crippen molar-refractivity contribution in [2.45, 2.75) is 25.8 Å². The highest BCUT2D eigenvalue weighted by atomic mass is 16.6. The maximum Gasteiger partial charge on any atom is 0.386 e. The van der Waals surface area contributed by atoms with Crippen LogP contribution in [0, 0.1) is 22.5 Å². The Morgan fingerprint density at radius 3 is 3.06 bits per heavy atom. The molecular weight excluding hydrogens is 206 g/mol. The zero-order valence-electron chi connectivity index (χ0n) is 9.01. The van der Waals surface area contributed by atoms with Crippen LogP contribution >= 0.6 is 0 Å². The number of hydrogen-bond donors (Lipinski definition) is 1. The molecule has 1 atom stereocenters. The minimum absolute atomic E-state index is 0.0351. The molecule has 0 fully saturated rings. The lowest BCUT2D eigenvalue weighted by Gasteiger charge is -2.14. The molecule has 84 valence electrons. The van der Waals surface area contributed by atoms with Crippen molar-refractivity contribution in [1.29, 1.82) is 0 Å². The maximum atomic E-state index is 10.7. The summed E-state index contributed by atoms with van der Waals surface area (Å²) in [5, 5.41) is 13.7. The second kappa shape index (κ2) is 5.71. The van der Waals surface area contributed by atoms with Crippen LogP contribution in [0.2, 0.25) is 0 Å². The van der Waals surface area contributed by atoms with Crippen LogP contribution < -0.4 is 5.32 Å². The number of hydrogen-bond acceptors (Lipinski definition) is 4. The van der Waals surface area contributed by atoms with Crippen LogP contribution in [-0.4, -0.2) is 15.9 Å². The number of nitrogens with one attached hydrogen (secondary N) is 1. The predicted octanol–water partition coefficient (Wildman–Crippen LogP) is 2.20. The van der Waals surface area contributed by atoms with Crippen LogP contribution in [0.1, 0.15) is 19.8 Å². The van der Waals surface area contributed by atoms with E-state index in [1.165, 1.54) is 6.20 Å². The first kappa shape index (κ1) is 12.0. The minimum Gasteiger partial charge on any atom is -0.374 e. The number of aromatic nitrogens is 1. The summed E-state index contributed by atoms with van der Waals surface area (Å²) in [6, 6.07) is 3.32. The summed E-state index contributed by atoms with van der Waals surface area (Å²) in [7, 11) is 0. The quantitative estimate of drug-likeness (QED) is 0.468. The fourth-order valence-electron chi connectivity index (χ4n) is 1.31. The van der Waals surface area contributed by atoms with Crippen LogP contribution in [0.5, 0.6) is 0 Å². The first-order valence-electron chi connectivity index (χ1n) is 4.98. The van der Waals surface area contributed by atoms with E-state index in [-0.39, 0.29) is 11.9 Å². The molecule has 0 amide bonds. The molecule has 1 rings (SSSR count). The Labute approximate surface area is 94.0 Å². The molecule has 0 aliphatic rings. The summed E-state index contributed by atoms with van der Waals surface area (Å²) in [5.41, 5.74) is 0.412. The van der Waals surface area contributed by atoms with Crippen molar-refractivity contribution in [1.82, 2.24) is 4.98 Å². The fraction of sp³-hybridized carbons (Fsp3) is 0.364. The molecule has 0 saturated heterocycles. The Morgan fingerprint density at radius 2 is 2.50 bits per heavy atom. The number of rotatable bonds is 5. The van der Waals surface area contributed by atoms with Gasteiger partial charge in [-0.15, -0.1) is 12.3 Å². The number of nitrogens with zero attached hydrogens (tertiary/aromatic N) is 2. The second-order valence-corrected chi connectivity index (χ2v) is 3.29. The van der Waals surface area contributed by atoms with Gasteiger partial charge in [-0.05, 0) is 28.5 Å². The monoisotopic (exact) mass is 219 g/mol. The summed E-state index contributed by atoms with van der Waals surface area (Å²) in [4.78, 5) is 13.9. The number of terminal acetylenes is 1.